The molecule has 0 amide bonds. The average molecular weight is 261 g/mol. The molecule has 4 heteroatoms. The normalized spacial score (nSPS) is 18.0. The van der Waals surface area contributed by atoms with E-state index >= 15 is 0 Å². The molecule has 1 unspecified atom stereocenters. The Morgan fingerprint density at radius 1 is 1.42 bits per heavy atom. The molecule has 4 nitrogen and oxygen atoms in total. The fourth-order valence-electron chi connectivity index (χ4n) is 2.22. The average Bonchev–Trinajstić information content (AvgIpc) is 2.96. The van der Waals surface area contributed by atoms with Crippen LogP contribution in [0.15, 0.2) is 18.2 Å². The number of methoxy groups -OCH3 is 1. The molecular formula is C15H19NO3. The van der Waals surface area contributed by atoms with Gasteiger partial charge in [-0.15, -0.1) is 0 Å². The molecule has 0 aliphatic carbocycles. The van der Waals surface area contributed by atoms with Crippen LogP contribution in [0.3, 0.4) is 0 Å². The van der Waals surface area contributed by atoms with Crippen molar-refractivity contribution in [3.8, 4) is 17.6 Å². The molecule has 1 fully saturated rings. The summed E-state index contributed by atoms with van der Waals surface area (Å²) >= 11 is 0. The van der Waals surface area contributed by atoms with Crippen molar-refractivity contribution >= 4 is 0 Å². The highest BCUT2D eigenvalue weighted by molar-refractivity contribution is 5.46. The molecule has 0 radical (unpaired) electrons. The maximum Gasteiger partial charge on any atom is 0.162 e. The van der Waals surface area contributed by atoms with Crippen LogP contribution in [0, 0.1) is 11.3 Å². The molecule has 19 heavy (non-hydrogen) atoms. The molecule has 1 atom stereocenters. The third-order valence-corrected chi connectivity index (χ3v) is 3.24. The van der Waals surface area contributed by atoms with Crippen molar-refractivity contribution in [3.63, 3.8) is 0 Å². The van der Waals surface area contributed by atoms with Gasteiger partial charge < -0.3 is 14.2 Å². The van der Waals surface area contributed by atoms with Gasteiger partial charge in [0.25, 0.3) is 0 Å². The highest BCUT2D eigenvalue weighted by Crippen LogP contribution is 2.28. The van der Waals surface area contributed by atoms with E-state index in [1.807, 2.05) is 0 Å². The Morgan fingerprint density at radius 2 is 2.32 bits per heavy atom. The Labute approximate surface area is 113 Å². The van der Waals surface area contributed by atoms with Crippen LogP contribution in [0.5, 0.6) is 11.5 Å². The van der Waals surface area contributed by atoms with Gasteiger partial charge in [-0.2, -0.15) is 5.26 Å². The van der Waals surface area contributed by atoms with Crippen molar-refractivity contribution in [2.45, 2.75) is 31.8 Å². The molecule has 0 aromatic heterocycles. The van der Waals surface area contributed by atoms with Crippen LogP contribution < -0.4 is 9.47 Å². The van der Waals surface area contributed by atoms with Gasteiger partial charge in [-0.25, -0.2) is 0 Å². The predicted octanol–water partition coefficient (Wildman–Crippen LogP) is 2.90. The number of rotatable bonds is 6. The van der Waals surface area contributed by atoms with Gasteiger partial charge in [0, 0.05) is 12.7 Å². The predicted molar refractivity (Wildman–Crippen MR) is 71.4 cm³/mol. The zero-order valence-electron chi connectivity index (χ0n) is 11.2. The van der Waals surface area contributed by atoms with Gasteiger partial charge in [-0.05, 0) is 37.8 Å². The lowest BCUT2D eigenvalue weighted by atomic mass is 10.1. The second-order valence-electron chi connectivity index (χ2n) is 4.60. The summed E-state index contributed by atoms with van der Waals surface area (Å²) in [6, 6.07) is 7.29. The Morgan fingerprint density at radius 3 is 3.00 bits per heavy atom. The molecule has 1 aliphatic rings. The van der Waals surface area contributed by atoms with Crippen LogP contribution in [-0.2, 0) is 4.74 Å². The van der Waals surface area contributed by atoms with Gasteiger partial charge in [0.15, 0.2) is 11.5 Å². The van der Waals surface area contributed by atoms with Gasteiger partial charge in [-0.1, -0.05) is 0 Å². The number of ether oxygens (including phenoxy) is 3. The lowest BCUT2D eigenvalue weighted by molar-refractivity contribution is 0.0980. The smallest absolute Gasteiger partial charge is 0.162 e. The second-order valence-corrected chi connectivity index (χ2v) is 4.60. The van der Waals surface area contributed by atoms with E-state index in [-0.39, 0.29) is 0 Å². The number of nitrogens with zero attached hydrogens (tertiary/aromatic N) is 1. The highest BCUT2D eigenvalue weighted by Gasteiger charge is 2.14. The van der Waals surface area contributed by atoms with Crippen LogP contribution in [-0.4, -0.2) is 26.4 Å². The van der Waals surface area contributed by atoms with Crippen LogP contribution >= 0.6 is 0 Å². The zero-order valence-corrected chi connectivity index (χ0v) is 11.2. The number of hydrogen-bond donors (Lipinski definition) is 0. The maximum absolute atomic E-state index is 8.82. The SMILES string of the molecule is COc1cc(C#N)ccc1OCCCC1CCCO1. The monoisotopic (exact) mass is 261 g/mol. The molecular weight excluding hydrogens is 242 g/mol. The third kappa shape index (κ3) is 3.87. The maximum atomic E-state index is 8.82. The summed E-state index contributed by atoms with van der Waals surface area (Å²) in [7, 11) is 1.58. The Kier molecular flexibility index (Phi) is 5.05. The minimum absolute atomic E-state index is 0.409. The zero-order chi connectivity index (χ0) is 13.5. The molecule has 0 spiro atoms. The molecule has 1 aromatic carbocycles. The molecule has 0 bridgehead atoms. The summed E-state index contributed by atoms with van der Waals surface area (Å²) in [5, 5.41) is 8.82. The van der Waals surface area contributed by atoms with E-state index in [2.05, 4.69) is 6.07 Å². The first-order chi connectivity index (χ1) is 9.33. The first-order valence-corrected chi connectivity index (χ1v) is 6.66. The quantitative estimate of drug-likeness (QED) is 0.739. The minimum Gasteiger partial charge on any atom is -0.493 e. The first-order valence-electron chi connectivity index (χ1n) is 6.66. The van der Waals surface area contributed by atoms with E-state index < -0.39 is 0 Å². The van der Waals surface area contributed by atoms with Crippen molar-refractivity contribution in [2.24, 2.45) is 0 Å². The summed E-state index contributed by atoms with van der Waals surface area (Å²) in [5.41, 5.74) is 0.573. The molecule has 1 saturated heterocycles. The van der Waals surface area contributed by atoms with Crippen LogP contribution in [0.2, 0.25) is 0 Å². The second kappa shape index (κ2) is 7.01. The van der Waals surface area contributed by atoms with Crippen molar-refractivity contribution in [1.82, 2.24) is 0 Å². The van der Waals surface area contributed by atoms with Gasteiger partial charge in [-0.3, -0.25) is 0 Å². The molecule has 1 aromatic rings. The number of hydrogen-bond acceptors (Lipinski definition) is 4. The summed E-state index contributed by atoms with van der Waals surface area (Å²) < 4.78 is 16.5. The first kappa shape index (κ1) is 13.7. The topological polar surface area (TPSA) is 51.5 Å². The van der Waals surface area contributed by atoms with E-state index in [1.165, 1.54) is 12.8 Å². The number of nitriles is 1. The van der Waals surface area contributed by atoms with Crippen LogP contribution in [0.25, 0.3) is 0 Å². The summed E-state index contributed by atoms with van der Waals surface area (Å²) in [6.45, 7) is 1.54. The highest BCUT2D eigenvalue weighted by atomic mass is 16.5. The molecule has 0 saturated carbocycles. The van der Waals surface area contributed by atoms with Gasteiger partial charge >= 0.3 is 0 Å². The fourth-order valence-corrected chi connectivity index (χ4v) is 2.22. The number of benzene rings is 1. The largest absolute Gasteiger partial charge is 0.493 e. The molecule has 102 valence electrons. The van der Waals surface area contributed by atoms with Gasteiger partial charge in [0.1, 0.15) is 0 Å². The van der Waals surface area contributed by atoms with E-state index in [0.717, 1.165) is 19.4 Å². The van der Waals surface area contributed by atoms with Crippen LogP contribution in [0.4, 0.5) is 0 Å². The van der Waals surface area contributed by atoms with Gasteiger partial charge in [0.2, 0.25) is 0 Å². The van der Waals surface area contributed by atoms with Crippen molar-refractivity contribution in [3.05, 3.63) is 23.8 Å². The fraction of sp³-hybridized carbons (Fsp3) is 0.533. The van der Waals surface area contributed by atoms with Gasteiger partial charge in [0.05, 0.1) is 31.5 Å². The van der Waals surface area contributed by atoms with E-state index in [4.69, 9.17) is 19.5 Å². The molecule has 1 aliphatic heterocycles. The van der Waals surface area contributed by atoms with Crippen LogP contribution in [0.1, 0.15) is 31.2 Å². The van der Waals surface area contributed by atoms with Crippen molar-refractivity contribution < 1.29 is 14.2 Å². The minimum atomic E-state index is 0.409. The lowest BCUT2D eigenvalue weighted by Gasteiger charge is -2.12. The molecule has 1 heterocycles. The standard InChI is InChI=1S/C15H19NO3/c1-17-15-10-12(11-16)6-7-14(15)19-9-3-5-13-4-2-8-18-13/h6-7,10,13H,2-5,8-9H2,1H3. The van der Waals surface area contributed by atoms with E-state index in [9.17, 15) is 0 Å². The molecule has 0 N–H and O–H groups in total. The lowest BCUT2D eigenvalue weighted by Crippen LogP contribution is -2.08. The van der Waals surface area contributed by atoms with E-state index in [0.29, 0.717) is 29.8 Å². The Hall–Kier alpha value is -1.73. The summed E-state index contributed by atoms with van der Waals surface area (Å²) in [6.07, 6.45) is 4.76. The Balaban J connectivity index is 1.80. The van der Waals surface area contributed by atoms with Crippen molar-refractivity contribution in [1.29, 1.82) is 5.26 Å². The third-order valence-electron chi connectivity index (χ3n) is 3.24. The van der Waals surface area contributed by atoms with E-state index in [1.54, 1.807) is 25.3 Å². The molecule has 2 rings (SSSR count). The summed E-state index contributed by atoms with van der Waals surface area (Å²) in [5.74, 6) is 1.30. The Bertz CT molecular complexity index is 447. The summed E-state index contributed by atoms with van der Waals surface area (Å²) in [4.78, 5) is 0. The van der Waals surface area contributed by atoms with Crippen molar-refractivity contribution in [2.75, 3.05) is 20.3 Å².